The van der Waals surface area contributed by atoms with Gasteiger partial charge in [0.25, 0.3) is 0 Å². The first-order valence-electron chi connectivity index (χ1n) is 13.1. The Kier molecular flexibility index (Phi) is 7.27. The van der Waals surface area contributed by atoms with E-state index in [1.807, 2.05) is 6.07 Å². The van der Waals surface area contributed by atoms with Crippen LogP contribution in [0.15, 0.2) is 17.7 Å². The van der Waals surface area contributed by atoms with Crippen molar-refractivity contribution in [2.24, 2.45) is 29.4 Å². The number of primary amides is 1. The van der Waals surface area contributed by atoms with Crippen LogP contribution in [0.1, 0.15) is 56.2 Å². The van der Waals surface area contributed by atoms with E-state index in [1.54, 1.807) is 19.0 Å². The summed E-state index contributed by atoms with van der Waals surface area (Å²) in [6, 6.07) is 2.45. The number of aliphatic hydroxyl groups is 3. The van der Waals surface area contributed by atoms with E-state index in [1.165, 1.54) is 6.07 Å². The number of ketones is 2. The fraction of sp³-hybridized carbons (Fsp3) is 0.607. The van der Waals surface area contributed by atoms with E-state index >= 15 is 0 Å². The van der Waals surface area contributed by atoms with Crippen molar-refractivity contribution in [2.75, 3.05) is 14.1 Å². The van der Waals surface area contributed by atoms with Gasteiger partial charge in [-0.25, -0.2) is 0 Å². The maximum Gasteiger partial charge on any atom is 0.230 e. The summed E-state index contributed by atoms with van der Waals surface area (Å²) in [5.41, 5.74) is 4.55. The van der Waals surface area contributed by atoms with Gasteiger partial charge < -0.3 is 31.1 Å². The minimum atomic E-state index is -2.63. The zero-order valence-electron chi connectivity index (χ0n) is 21.9. The number of carbonyl (C=O) groups excluding carboxylic acids is 3. The van der Waals surface area contributed by atoms with E-state index < -0.39 is 58.7 Å². The number of phenolic OH excluding ortho intramolecular Hbond substituents is 1. The van der Waals surface area contributed by atoms with Gasteiger partial charge in [-0.05, 0) is 68.8 Å². The van der Waals surface area contributed by atoms with E-state index in [2.05, 4.69) is 13.8 Å². The molecule has 2 saturated carbocycles. The molecule has 0 radical (unpaired) electrons. The van der Waals surface area contributed by atoms with Gasteiger partial charge in [-0.2, -0.15) is 0 Å². The summed E-state index contributed by atoms with van der Waals surface area (Å²) in [5, 5.41) is 44.6. The van der Waals surface area contributed by atoms with Crippen molar-refractivity contribution in [3.05, 3.63) is 34.4 Å². The van der Waals surface area contributed by atoms with E-state index in [0.29, 0.717) is 12.3 Å². The standard InChI is InChI=1S/C28H38N2O7/c1-5-13(6-2)7-8-14-9-10-18(31)20-16(14)11-15-12-17-22(30(3)4)24(33)21(27(29)36)26(35)28(17,37)25(34)19(15)23(20)32/h9-10,13,15,17,21-22,24,31-33,37H,5-8,11-12H2,1-4H3,(H2,29,36)/t15-,17-,21?,22?,24?,28-/m0/s1. The van der Waals surface area contributed by atoms with Gasteiger partial charge in [-0.15, -0.1) is 0 Å². The Balaban J connectivity index is 1.83. The van der Waals surface area contributed by atoms with Crippen molar-refractivity contribution in [1.29, 1.82) is 0 Å². The third kappa shape index (κ3) is 4.08. The Labute approximate surface area is 217 Å². The van der Waals surface area contributed by atoms with Gasteiger partial charge in [-0.3, -0.25) is 14.4 Å². The summed E-state index contributed by atoms with van der Waals surface area (Å²) in [5.74, 6) is -6.65. The number of phenols is 1. The van der Waals surface area contributed by atoms with Gasteiger partial charge in [0.15, 0.2) is 11.4 Å². The number of Topliss-reactive ketones (excluding diaryl/α,β-unsaturated/α-hetero) is 2. The number of carbonyl (C=O) groups is 3. The topological polar surface area (TPSA) is 161 Å². The third-order valence-electron chi connectivity index (χ3n) is 9.05. The van der Waals surface area contributed by atoms with Crippen LogP contribution in [-0.2, 0) is 27.2 Å². The van der Waals surface area contributed by atoms with Crippen LogP contribution in [0.5, 0.6) is 5.75 Å². The Hall–Kier alpha value is -2.75. The lowest BCUT2D eigenvalue weighted by Crippen LogP contribution is -2.73. The lowest BCUT2D eigenvalue weighted by atomic mass is 9.54. The molecule has 4 rings (SSSR count). The molecule has 1 aromatic rings. The lowest BCUT2D eigenvalue weighted by molar-refractivity contribution is -0.184. The zero-order chi connectivity index (χ0) is 27.4. The van der Waals surface area contributed by atoms with E-state index in [4.69, 9.17) is 5.73 Å². The number of likely N-dealkylation sites (N-methyl/N-ethyl adjacent to an activating group) is 1. The van der Waals surface area contributed by atoms with Gasteiger partial charge in [0, 0.05) is 17.5 Å². The van der Waals surface area contributed by atoms with Crippen LogP contribution < -0.4 is 5.73 Å². The van der Waals surface area contributed by atoms with Crippen molar-refractivity contribution >= 4 is 23.2 Å². The van der Waals surface area contributed by atoms with Crippen molar-refractivity contribution < 1.29 is 34.8 Å². The lowest BCUT2D eigenvalue weighted by Gasteiger charge is -2.53. The highest BCUT2D eigenvalue weighted by Crippen LogP contribution is 2.52. The first kappa shape index (κ1) is 27.3. The molecule has 1 aromatic carbocycles. The van der Waals surface area contributed by atoms with Gasteiger partial charge >= 0.3 is 0 Å². The monoisotopic (exact) mass is 514 g/mol. The molecule has 0 bridgehead atoms. The molecule has 0 spiro atoms. The molecular formula is C28H38N2O7. The van der Waals surface area contributed by atoms with Gasteiger partial charge in [-0.1, -0.05) is 32.8 Å². The van der Waals surface area contributed by atoms with E-state index in [-0.39, 0.29) is 23.3 Å². The fourth-order valence-electron chi connectivity index (χ4n) is 6.96. The number of amides is 1. The number of aliphatic hydroxyl groups excluding tert-OH is 2. The highest BCUT2D eigenvalue weighted by Gasteiger charge is 2.67. The second kappa shape index (κ2) is 9.85. The Bertz CT molecular complexity index is 1160. The first-order chi connectivity index (χ1) is 17.4. The fourth-order valence-corrected chi connectivity index (χ4v) is 6.96. The predicted molar refractivity (Wildman–Crippen MR) is 136 cm³/mol. The van der Waals surface area contributed by atoms with Crippen molar-refractivity contribution in [1.82, 2.24) is 4.90 Å². The van der Waals surface area contributed by atoms with Crippen molar-refractivity contribution in [3.8, 4) is 5.75 Å². The van der Waals surface area contributed by atoms with Crippen LogP contribution in [0.2, 0.25) is 0 Å². The second-order valence-corrected chi connectivity index (χ2v) is 11.1. The quantitative estimate of drug-likeness (QED) is 0.342. The molecule has 0 aliphatic heterocycles. The molecule has 6 atom stereocenters. The third-order valence-corrected chi connectivity index (χ3v) is 9.05. The molecule has 0 heterocycles. The molecule has 1 amide bonds. The molecule has 202 valence electrons. The number of aryl methyl sites for hydroxylation is 1. The number of rotatable bonds is 7. The SMILES string of the molecule is CCC(CC)CCc1ccc(O)c2c1C[C@H]1C[C@H]3C(N(C)C)C(O)C(C(N)=O)C(=O)[C@@]3(O)C(=O)C1=C2O. The Morgan fingerprint density at radius 1 is 1.19 bits per heavy atom. The van der Waals surface area contributed by atoms with Gasteiger partial charge in [0.1, 0.15) is 17.4 Å². The van der Waals surface area contributed by atoms with E-state index in [0.717, 1.165) is 36.8 Å². The molecule has 3 aliphatic rings. The largest absolute Gasteiger partial charge is 0.507 e. The van der Waals surface area contributed by atoms with Crippen molar-refractivity contribution in [3.63, 3.8) is 0 Å². The van der Waals surface area contributed by atoms with Gasteiger partial charge in [0.2, 0.25) is 11.7 Å². The van der Waals surface area contributed by atoms with Crippen LogP contribution in [0.3, 0.4) is 0 Å². The summed E-state index contributed by atoms with van der Waals surface area (Å²) >= 11 is 0. The first-order valence-corrected chi connectivity index (χ1v) is 13.1. The molecule has 3 aliphatic carbocycles. The second-order valence-electron chi connectivity index (χ2n) is 11.1. The summed E-state index contributed by atoms with van der Waals surface area (Å²) in [7, 11) is 3.28. The molecule has 2 fully saturated rings. The van der Waals surface area contributed by atoms with Crippen LogP contribution in [0, 0.1) is 23.7 Å². The zero-order valence-corrected chi connectivity index (χ0v) is 21.9. The number of benzene rings is 1. The van der Waals surface area contributed by atoms with Crippen LogP contribution in [0.4, 0.5) is 0 Å². The molecule has 9 heteroatoms. The van der Waals surface area contributed by atoms with Gasteiger partial charge in [0.05, 0.1) is 11.7 Å². The number of nitrogens with two attached hydrogens (primary N) is 1. The molecule has 9 nitrogen and oxygen atoms in total. The normalized spacial score (nSPS) is 31.4. The molecule has 3 unspecified atom stereocenters. The maximum atomic E-state index is 13.9. The van der Waals surface area contributed by atoms with Crippen LogP contribution >= 0.6 is 0 Å². The number of fused-ring (bicyclic) bond motifs is 3. The summed E-state index contributed by atoms with van der Waals surface area (Å²) in [4.78, 5) is 40.9. The minimum Gasteiger partial charge on any atom is -0.507 e. The Morgan fingerprint density at radius 2 is 1.84 bits per heavy atom. The highest BCUT2D eigenvalue weighted by atomic mass is 16.3. The summed E-state index contributed by atoms with van der Waals surface area (Å²) < 4.78 is 0. The summed E-state index contributed by atoms with van der Waals surface area (Å²) in [6.45, 7) is 4.31. The molecule has 6 N–H and O–H groups in total. The number of hydrogen-bond donors (Lipinski definition) is 5. The molecule has 0 saturated heterocycles. The highest BCUT2D eigenvalue weighted by molar-refractivity contribution is 6.25. The predicted octanol–water partition coefficient (Wildman–Crippen LogP) is 1.50. The average molecular weight is 515 g/mol. The number of hydrogen-bond acceptors (Lipinski definition) is 8. The molecule has 0 aromatic heterocycles. The smallest absolute Gasteiger partial charge is 0.230 e. The van der Waals surface area contributed by atoms with Crippen LogP contribution in [0.25, 0.3) is 5.76 Å². The average Bonchev–Trinajstić information content (AvgIpc) is 2.82. The van der Waals surface area contributed by atoms with Crippen LogP contribution in [-0.4, -0.2) is 74.6 Å². The van der Waals surface area contributed by atoms with Crippen molar-refractivity contribution in [2.45, 2.75) is 70.1 Å². The maximum absolute atomic E-state index is 13.9. The number of nitrogens with zero attached hydrogens (tertiary/aromatic N) is 1. The minimum absolute atomic E-state index is 0.121. The Morgan fingerprint density at radius 3 is 2.41 bits per heavy atom. The molecular weight excluding hydrogens is 476 g/mol. The summed E-state index contributed by atoms with van der Waals surface area (Å²) in [6.07, 6.45) is 2.78. The molecule has 37 heavy (non-hydrogen) atoms. The van der Waals surface area contributed by atoms with E-state index in [9.17, 15) is 34.8 Å². The number of aromatic hydroxyl groups is 1.